The van der Waals surface area contributed by atoms with Crippen molar-refractivity contribution < 1.29 is 21.1 Å². The van der Waals surface area contributed by atoms with Gasteiger partial charge < -0.3 is 9.97 Å². The molecule has 2 rings (SSSR count). The molecule has 0 spiro atoms. The van der Waals surface area contributed by atoms with Gasteiger partial charge in [-0.05, 0) is 19.3 Å². The van der Waals surface area contributed by atoms with Crippen LogP contribution in [0.3, 0.4) is 0 Å². The molecule has 3 nitrogen and oxygen atoms in total. The van der Waals surface area contributed by atoms with Gasteiger partial charge in [0.25, 0.3) is 0 Å². The van der Waals surface area contributed by atoms with Crippen LogP contribution in [0.1, 0.15) is 25.4 Å². The van der Waals surface area contributed by atoms with Crippen molar-refractivity contribution in [3.05, 3.63) is 42.2 Å². The molecule has 0 aliphatic rings. The van der Waals surface area contributed by atoms with Gasteiger partial charge in [-0.15, -0.1) is 6.20 Å². The summed E-state index contributed by atoms with van der Waals surface area (Å²) in [5.74, 6) is 0.736. The van der Waals surface area contributed by atoms with E-state index in [-0.39, 0.29) is 21.1 Å². The van der Waals surface area contributed by atoms with Crippen molar-refractivity contribution >= 4 is 0 Å². The second kappa shape index (κ2) is 8.07. The minimum atomic E-state index is 0. The Morgan fingerprint density at radius 2 is 1.88 bits per heavy atom. The summed E-state index contributed by atoms with van der Waals surface area (Å²) in [5, 5.41) is 0. The quantitative estimate of drug-likeness (QED) is 0.695. The molecule has 0 aliphatic heterocycles. The van der Waals surface area contributed by atoms with Crippen molar-refractivity contribution in [1.82, 2.24) is 15.0 Å². The van der Waals surface area contributed by atoms with Crippen LogP contribution in [0.2, 0.25) is 0 Å². The molecular weight excluding hydrogens is 382 g/mol. The van der Waals surface area contributed by atoms with Crippen LogP contribution in [-0.4, -0.2) is 15.0 Å². The third kappa shape index (κ3) is 4.35. The first kappa shape index (κ1) is 15.9. The molecule has 4 heteroatoms. The average molecular weight is 397 g/mol. The maximum atomic E-state index is 4.27. The molecule has 0 unspecified atom stereocenters. The summed E-state index contributed by atoms with van der Waals surface area (Å²) in [6.45, 7) is 7.79. The Bertz CT molecular complexity index is 444. The summed E-state index contributed by atoms with van der Waals surface area (Å²) >= 11 is 0. The minimum Gasteiger partial charge on any atom is -0.353 e. The molecule has 2 aromatic heterocycles. The van der Waals surface area contributed by atoms with Crippen LogP contribution in [0.25, 0.3) is 11.1 Å². The topological polar surface area (TPSA) is 38.7 Å². The number of pyridine rings is 1. The number of hydrogen-bond donors (Lipinski definition) is 0. The number of aryl methyl sites for hydroxylation is 2. The van der Waals surface area contributed by atoms with Crippen molar-refractivity contribution in [3.63, 3.8) is 0 Å². The van der Waals surface area contributed by atoms with Gasteiger partial charge in [0.05, 0.1) is 0 Å². The van der Waals surface area contributed by atoms with Crippen molar-refractivity contribution in [2.75, 3.05) is 0 Å². The van der Waals surface area contributed by atoms with Gasteiger partial charge in [0.15, 0.2) is 0 Å². The van der Waals surface area contributed by atoms with Gasteiger partial charge in [-0.25, -0.2) is 11.6 Å². The van der Waals surface area contributed by atoms with Gasteiger partial charge in [-0.1, -0.05) is 26.5 Å². The summed E-state index contributed by atoms with van der Waals surface area (Å²) in [7, 11) is 0. The van der Waals surface area contributed by atoms with E-state index in [4.69, 9.17) is 0 Å². The second-order valence-corrected chi connectivity index (χ2v) is 2.99. The van der Waals surface area contributed by atoms with E-state index in [1.165, 1.54) is 0 Å². The number of aromatic nitrogens is 3. The SMILES string of the molecule is CC.Cc1n[c-]c(-c2[c-]cncc2)c(C)n1.[W+2]. The molecule has 0 aromatic carbocycles. The molecule has 0 amide bonds. The normalized spacial score (nSPS) is 8.71. The zero-order valence-corrected chi connectivity index (χ0v) is 13.4. The van der Waals surface area contributed by atoms with Crippen molar-refractivity contribution in [1.29, 1.82) is 0 Å². The van der Waals surface area contributed by atoms with Crippen molar-refractivity contribution in [3.8, 4) is 11.1 Å². The van der Waals surface area contributed by atoms with Gasteiger partial charge in [-0.2, -0.15) is 6.07 Å². The molecular formula is C13H15N3W. The van der Waals surface area contributed by atoms with E-state index in [1.54, 1.807) is 12.4 Å². The Labute approximate surface area is 117 Å². The zero-order valence-electron chi connectivity index (χ0n) is 10.5. The van der Waals surface area contributed by atoms with E-state index in [0.717, 1.165) is 22.6 Å². The third-order valence-electron chi connectivity index (χ3n) is 1.91. The molecule has 2 aromatic rings. The van der Waals surface area contributed by atoms with Crippen LogP contribution in [0.5, 0.6) is 0 Å². The van der Waals surface area contributed by atoms with Gasteiger partial charge in [0.1, 0.15) is 0 Å². The van der Waals surface area contributed by atoms with Crippen molar-refractivity contribution in [2.45, 2.75) is 27.7 Å². The van der Waals surface area contributed by atoms with Gasteiger partial charge in [0.2, 0.25) is 0 Å². The Balaban J connectivity index is 0.000000811. The van der Waals surface area contributed by atoms with E-state index in [2.05, 4.69) is 27.2 Å². The van der Waals surface area contributed by atoms with Crippen LogP contribution < -0.4 is 0 Å². The van der Waals surface area contributed by atoms with Crippen LogP contribution in [-0.2, 0) is 21.1 Å². The molecule has 17 heavy (non-hydrogen) atoms. The second-order valence-electron chi connectivity index (χ2n) is 2.99. The first-order valence-corrected chi connectivity index (χ1v) is 5.32. The van der Waals surface area contributed by atoms with Gasteiger partial charge in [-0.3, -0.25) is 10.5 Å². The molecule has 0 radical (unpaired) electrons. The molecule has 0 bridgehead atoms. The minimum absolute atomic E-state index is 0. The van der Waals surface area contributed by atoms with E-state index >= 15 is 0 Å². The smallest absolute Gasteiger partial charge is 0.353 e. The Morgan fingerprint density at radius 1 is 1.18 bits per heavy atom. The Hall–Kier alpha value is -1.08. The molecule has 0 saturated heterocycles. The molecule has 0 fully saturated rings. The van der Waals surface area contributed by atoms with Crippen molar-refractivity contribution in [2.24, 2.45) is 0 Å². The van der Waals surface area contributed by atoms with Gasteiger partial charge in [0, 0.05) is 5.82 Å². The molecule has 0 N–H and O–H groups in total. The molecule has 0 atom stereocenters. The fourth-order valence-corrected chi connectivity index (χ4v) is 1.27. The molecule has 88 valence electrons. The van der Waals surface area contributed by atoms with Crippen LogP contribution >= 0.6 is 0 Å². The average Bonchev–Trinajstić information content (AvgIpc) is 2.33. The Kier molecular flexibility index (Phi) is 7.56. The van der Waals surface area contributed by atoms with E-state index in [1.807, 2.05) is 33.8 Å². The zero-order chi connectivity index (χ0) is 12.0. The monoisotopic (exact) mass is 397 g/mol. The largest absolute Gasteiger partial charge is 2.00 e. The maximum Gasteiger partial charge on any atom is 2.00 e. The van der Waals surface area contributed by atoms with E-state index in [0.29, 0.717) is 0 Å². The van der Waals surface area contributed by atoms with Crippen LogP contribution in [0, 0.1) is 26.1 Å². The standard InChI is InChI=1S/C11H9N3.C2H6.W/c1-8-11(7-13-9(2)14-8)10-3-5-12-6-4-10;1-2;/h3,5-6H,1-2H3;1-2H3;/q-2;;+2. The van der Waals surface area contributed by atoms with Crippen LogP contribution in [0.15, 0.2) is 18.5 Å². The summed E-state index contributed by atoms with van der Waals surface area (Å²) in [6, 6.07) is 4.90. The Morgan fingerprint density at radius 3 is 2.41 bits per heavy atom. The summed E-state index contributed by atoms with van der Waals surface area (Å²) in [5.41, 5.74) is 2.73. The first-order valence-electron chi connectivity index (χ1n) is 5.32. The molecule has 0 aliphatic carbocycles. The summed E-state index contributed by atoms with van der Waals surface area (Å²) in [4.78, 5) is 12.2. The summed E-state index contributed by atoms with van der Waals surface area (Å²) < 4.78 is 0. The third-order valence-corrected chi connectivity index (χ3v) is 1.91. The predicted octanol–water partition coefficient (Wildman–Crippen LogP) is 2.78. The number of rotatable bonds is 1. The number of nitrogens with zero attached hydrogens (tertiary/aromatic N) is 3. The molecule has 0 saturated carbocycles. The van der Waals surface area contributed by atoms with E-state index < -0.39 is 0 Å². The predicted molar refractivity (Wildman–Crippen MR) is 63.8 cm³/mol. The van der Waals surface area contributed by atoms with E-state index in [9.17, 15) is 0 Å². The maximum absolute atomic E-state index is 4.27. The first-order chi connectivity index (χ1) is 7.77. The fraction of sp³-hybridized carbons (Fsp3) is 0.308. The van der Waals surface area contributed by atoms with Crippen LogP contribution in [0.4, 0.5) is 0 Å². The van der Waals surface area contributed by atoms with Gasteiger partial charge >= 0.3 is 21.1 Å². The summed E-state index contributed by atoms with van der Waals surface area (Å²) in [6.07, 6.45) is 6.30. The number of hydrogen-bond acceptors (Lipinski definition) is 3. The fourth-order valence-electron chi connectivity index (χ4n) is 1.27. The molecule has 2 heterocycles.